The molecule has 1 aromatic carbocycles. The van der Waals surface area contributed by atoms with Crippen LogP contribution in [0.4, 0.5) is 4.39 Å². The van der Waals surface area contributed by atoms with Gasteiger partial charge in [0.25, 0.3) is 0 Å². The predicted molar refractivity (Wildman–Crippen MR) is 83.8 cm³/mol. The molecule has 1 atom stereocenters. The average Bonchev–Trinajstić information content (AvgIpc) is 2.97. The van der Waals surface area contributed by atoms with Crippen LogP contribution in [0.25, 0.3) is 11.5 Å². The highest BCUT2D eigenvalue weighted by molar-refractivity contribution is 5.52. The first kappa shape index (κ1) is 15.2. The number of rotatable bonds is 5. The van der Waals surface area contributed by atoms with E-state index in [9.17, 15) is 4.39 Å². The second-order valence-electron chi connectivity index (χ2n) is 5.95. The van der Waals surface area contributed by atoms with Crippen LogP contribution in [0.1, 0.15) is 18.5 Å². The third-order valence-corrected chi connectivity index (χ3v) is 4.12. The summed E-state index contributed by atoms with van der Waals surface area (Å²) >= 11 is 0. The predicted octanol–water partition coefficient (Wildman–Crippen LogP) is 2.91. The zero-order chi connectivity index (χ0) is 15.4. The lowest BCUT2D eigenvalue weighted by Crippen LogP contribution is -2.38. The van der Waals surface area contributed by atoms with Crippen molar-refractivity contribution >= 4 is 0 Å². The number of aromatic nitrogens is 1. The summed E-state index contributed by atoms with van der Waals surface area (Å²) in [7, 11) is 2.01. The van der Waals surface area contributed by atoms with Crippen LogP contribution in [0, 0.1) is 11.7 Å². The summed E-state index contributed by atoms with van der Waals surface area (Å²) in [6, 6.07) is 6.22. The van der Waals surface area contributed by atoms with Crippen LogP contribution in [-0.4, -0.2) is 36.6 Å². The van der Waals surface area contributed by atoms with Gasteiger partial charge in [0.05, 0.1) is 5.69 Å². The van der Waals surface area contributed by atoms with Crippen LogP contribution < -0.4 is 5.32 Å². The Morgan fingerprint density at radius 3 is 2.95 bits per heavy atom. The molecule has 1 aromatic heterocycles. The Balaban J connectivity index is 1.63. The number of oxazole rings is 1. The smallest absolute Gasteiger partial charge is 0.226 e. The average molecular weight is 303 g/mol. The minimum atomic E-state index is -0.251. The van der Waals surface area contributed by atoms with Gasteiger partial charge in [-0.1, -0.05) is 0 Å². The number of piperidine rings is 1. The number of nitrogens with one attached hydrogen (secondary N) is 1. The number of nitrogens with zero attached hydrogens (tertiary/aromatic N) is 2. The molecule has 4 nitrogen and oxygen atoms in total. The molecule has 2 aromatic rings. The van der Waals surface area contributed by atoms with Crippen molar-refractivity contribution in [2.45, 2.75) is 19.4 Å². The maximum Gasteiger partial charge on any atom is 0.226 e. The normalized spacial score (nSPS) is 19.5. The van der Waals surface area contributed by atoms with Gasteiger partial charge in [-0.2, -0.15) is 0 Å². The van der Waals surface area contributed by atoms with Gasteiger partial charge in [0.1, 0.15) is 12.1 Å². The molecule has 0 aliphatic carbocycles. The lowest BCUT2D eigenvalue weighted by atomic mass is 9.98. The third-order valence-electron chi connectivity index (χ3n) is 4.12. The molecule has 0 radical (unpaired) electrons. The summed E-state index contributed by atoms with van der Waals surface area (Å²) in [5.41, 5.74) is 1.74. The summed E-state index contributed by atoms with van der Waals surface area (Å²) in [6.07, 6.45) is 4.23. The Morgan fingerprint density at radius 1 is 1.36 bits per heavy atom. The van der Waals surface area contributed by atoms with Crippen molar-refractivity contribution in [3.8, 4) is 11.5 Å². The molecular formula is C17H22FN3O. The molecule has 5 heteroatoms. The molecule has 0 bridgehead atoms. The van der Waals surface area contributed by atoms with E-state index in [1.165, 1.54) is 25.0 Å². The van der Waals surface area contributed by atoms with Gasteiger partial charge in [-0.15, -0.1) is 0 Å². The molecule has 0 saturated carbocycles. The van der Waals surface area contributed by atoms with Crippen LogP contribution in [0.15, 0.2) is 34.9 Å². The number of halogens is 1. The fourth-order valence-electron chi connectivity index (χ4n) is 3.08. The minimum absolute atomic E-state index is 0.251. The zero-order valence-corrected chi connectivity index (χ0v) is 12.9. The van der Waals surface area contributed by atoms with Crippen molar-refractivity contribution < 1.29 is 8.81 Å². The highest BCUT2D eigenvalue weighted by Gasteiger charge is 2.20. The van der Waals surface area contributed by atoms with E-state index in [-0.39, 0.29) is 5.82 Å². The monoisotopic (exact) mass is 303 g/mol. The largest absolute Gasteiger partial charge is 0.444 e. The van der Waals surface area contributed by atoms with Crippen LogP contribution in [0.2, 0.25) is 0 Å². The van der Waals surface area contributed by atoms with Gasteiger partial charge >= 0.3 is 0 Å². The number of hydrogen-bond acceptors (Lipinski definition) is 4. The summed E-state index contributed by atoms with van der Waals surface area (Å²) in [5, 5.41) is 3.26. The third kappa shape index (κ3) is 3.72. The highest BCUT2D eigenvalue weighted by Crippen LogP contribution is 2.21. The van der Waals surface area contributed by atoms with Crippen molar-refractivity contribution in [3.63, 3.8) is 0 Å². The van der Waals surface area contributed by atoms with Crippen LogP contribution in [0.3, 0.4) is 0 Å². The van der Waals surface area contributed by atoms with Crippen molar-refractivity contribution in [3.05, 3.63) is 42.0 Å². The molecule has 1 aliphatic heterocycles. The number of likely N-dealkylation sites (tertiary alicyclic amines) is 1. The van der Waals surface area contributed by atoms with Gasteiger partial charge in [-0.05, 0) is 63.2 Å². The van der Waals surface area contributed by atoms with E-state index in [2.05, 4.69) is 15.2 Å². The van der Waals surface area contributed by atoms with Crippen LogP contribution in [0.5, 0.6) is 0 Å². The number of hydrogen-bond donors (Lipinski definition) is 1. The summed E-state index contributed by atoms with van der Waals surface area (Å²) in [6.45, 7) is 4.08. The highest BCUT2D eigenvalue weighted by atomic mass is 19.1. The molecule has 2 heterocycles. The molecule has 0 amide bonds. The van der Waals surface area contributed by atoms with Crippen molar-refractivity contribution in [1.82, 2.24) is 15.2 Å². The van der Waals surface area contributed by atoms with Crippen molar-refractivity contribution in [2.75, 3.05) is 26.7 Å². The van der Waals surface area contributed by atoms with E-state index in [1.807, 2.05) is 7.05 Å². The fraction of sp³-hybridized carbons (Fsp3) is 0.471. The maximum absolute atomic E-state index is 13.0. The van der Waals surface area contributed by atoms with E-state index in [1.54, 1.807) is 18.4 Å². The maximum atomic E-state index is 13.0. The van der Waals surface area contributed by atoms with E-state index in [0.29, 0.717) is 11.8 Å². The van der Waals surface area contributed by atoms with Crippen molar-refractivity contribution in [2.24, 2.45) is 5.92 Å². The molecule has 3 rings (SSSR count). The molecule has 1 aliphatic rings. The van der Waals surface area contributed by atoms with E-state index >= 15 is 0 Å². The molecule has 118 valence electrons. The van der Waals surface area contributed by atoms with Gasteiger partial charge in [0.2, 0.25) is 5.89 Å². The van der Waals surface area contributed by atoms with E-state index in [0.717, 1.165) is 37.4 Å². The molecule has 1 fully saturated rings. The first-order chi connectivity index (χ1) is 10.7. The van der Waals surface area contributed by atoms with Crippen LogP contribution in [-0.2, 0) is 6.54 Å². The molecule has 0 spiro atoms. The van der Waals surface area contributed by atoms with E-state index in [4.69, 9.17) is 4.42 Å². The lowest BCUT2D eigenvalue weighted by molar-refractivity contribution is 0.165. The van der Waals surface area contributed by atoms with Crippen molar-refractivity contribution in [1.29, 1.82) is 0 Å². The molecule has 22 heavy (non-hydrogen) atoms. The Morgan fingerprint density at radius 2 is 2.18 bits per heavy atom. The van der Waals surface area contributed by atoms with E-state index < -0.39 is 0 Å². The van der Waals surface area contributed by atoms with Gasteiger partial charge in [0.15, 0.2) is 0 Å². The Labute approximate surface area is 130 Å². The SMILES string of the molecule is CNCC1CCCN(Cc2coc(-c3ccc(F)cc3)n2)C1. The van der Waals surface area contributed by atoms with Crippen LogP contribution >= 0.6 is 0 Å². The van der Waals surface area contributed by atoms with Gasteiger partial charge in [-0.25, -0.2) is 9.37 Å². The zero-order valence-electron chi connectivity index (χ0n) is 12.9. The molecule has 1 unspecified atom stereocenters. The second-order valence-corrected chi connectivity index (χ2v) is 5.95. The summed E-state index contributed by atoms with van der Waals surface area (Å²) in [4.78, 5) is 6.96. The Hall–Kier alpha value is -1.72. The minimum Gasteiger partial charge on any atom is -0.444 e. The lowest BCUT2D eigenvalue weighted by Gasteiger charge is -2.32. The van der Waals surface area contributed by atoms with Gasteiger partial charge in [0, 0.05) is 18.7 Å². The van der Waals surface area contributed by atoms with Gasteiger partial charge < -0.3 is 9.73 Å². The summed E-state index contributed by atoms with van der Waals surface area (Å²) in [5.74, 6) is 1.01. The Kier molecular flexibility index (Phi) is 4.85. The first-order valence-electron chi connectivity index (χ1n) is 7.82. The fourth-order valence-corrected chi connectivity index (χ4v) is 3.08. The quantitative estimate of drug-likeness (QED) is 0.922. The molecule has 1 saturated heterocycles. The standard InChI is InChI=1S/C17H22FN3O/c1-19-9-13-3-2-8-21(10-13)11-16-12-22-17(20-16)14-4-6-15(18)7-5-14/h4-7,12-13,19H,2-3,8-11H2,1H3. The molecular weight excluding hydrogens is 281 g/mol. The molecule has 1 N–H and O–H groups in total. The summed E-state index contributed by atoms with van der Waals surface area (Å²) < 4.78 is 18.5. The first-order valence-corrected chi connectivity index (χ1v) is 7.82. The Bertz CT molecular complexity index is 594. The second kappa shape index (κ2) is 7.03. The number of benzene rings is 1. The van der Waals surface area contributed by atoms with Gasteiger partial charge in [-0.3, -0.25) is 4.90 Å². The topological polar surface area (TPSA) is 41.3 Å².